The third kappa shape index (κ3) is 2.42. The van der Waals surface area contributed by atoms with E-state index < -0.39 is 6.10 Å². The fraction of sp³-hybridized carbons (Fsp3) is 0.0667. The fourth-order valence-corrected chi connectivity index (χ4v) is 3.55. The summed E-state index contributed by atoms with van der Waals surface area (Å²) in [4.78, 5) is 0.703. The number of aliphatic hydroxyl groups excluding tert-OH is 1. The Morgan fingerprint density at radius 3 is 2.70 bits per heavy atom. The molecule has 0 saturated heterocycles. The van der Waals surface area contributed by atoms with Gasteiger partial charge in [0.05, 0.1) is 10.0 Å². The van der Waals surface area contributed by atoms with Crippen LogP contribution in [0.5, 0.6) is 0 Å². The van der Waals surface area contributed by atoms with E-state index in [1.807, 2.05) is 6.07 Å². The van der Waals surface area contributed by atoms with Gasteiger partial charge in [-0.2, -0.15) is 0 Å². The minimum atomic E-state index is -0.873. The molecule has 0 saturated carbocycles. The summed E-state index contributed by atoms with van der Waals surface area (Å²) in [5.41, 5.74) is 0.547. The highest BCUT2D eigenvalue weighted by molar-refractivity contribution is 7.19. The maximum absolute atomic E-state index is 13.2. The lowest BCUT2D eigenvalue weighted by molar-refractivity contribution is 0.224. The molecule has 1 heterocycles. The molecule has 1 nitrogen and oxygen atoms in total. The van der Waals surface area contributed by atoms with Gasteiger partial charge in [-0.1, -0.05) is 41.4 Å². The van der Waals surface area contributed by atoms with Gasteiger partial charge in [-0.05, 0) is 29.7 Å². The normalized spacial score (nSPS) is 12.8. The van der Waals surface area contributed by atoms with Gasteiger partial charge in [0.15, 0.2) is 0 Å². The number of benzene rings is 2. The van der Waals surface area contributed by atoms with Gasteiger partial charge in [-0.3, -0.25) is 0 Å². The summed E-state index contributed by atoms with van der Waals surface area (Å²) in [6.07, 6.45) is -0.873. The Bertz CT molecular complexity index is 785. The van der Waals surface area contributed by atoms with Crippen LogP contribution >= 0.6 is 34.5 Å². The van der Waals surface area contributed by atoms with Crippen molar-refractivity contribution in [1.29, 1.82) is 0 Å². The van der Waals surface area contributed by atoms with Gasteiger partial charge in [0.25, 0.3) is 0 Å². The SMILES string of the molecule is OC(c1cc2ccc(F)cc2s1)c1cccc(Cl)c1Cl. The van der Waals surface area contributed by atoms with Crippen molar-refractivity contribution in [3.8, 4) is 0 Å². The lowest BCUT2D eigenvalue weighted by Crippen LogP contribution is -1.98. The molecule has 0 radical (unpaired) electrons. The number of rotatable bonds is 2. The Labute approximate surface area is 129 Å². The first kappa shape index (κ1) is 13.8. The monoisotopic (exact) mass is 326 g/mol. The van der Waals surface area contributed by atoms with Crippen LogP contribution in [0.3, 0.4) is 0 Å². The van der Waals surface area contributed by atoms with E-state index in [9.17, 15) is 9.50 Å². The third-order valence-corrected chi connectivity index (χ3v) is 5.03. The topological polar surface area (TPSA) is 20.2 Å². The molecule has 1 atom stereocenters. The van der Waals surface area contributed by atoms with Crippen LogP contribution in [-0.2, 0) is 0 Å². The van der Waals surface area contributed by atoms with E-state index in [4.69, 9.17) is 23.2 Å². The second kappa shape index (κ2) is 5.34. The smallest absolute Gasteiger partial charge is 0.124 e. The average Bonchev–Trinajstić information content (AvgIpc) is 2.84. The Morgan fingerprint density at radius 2 is 1.90 bits per heavy atom. The second-order valence-electron chi connectivity index (χ2n) is 4.38. The lowest BCUT2D eigenvalue weighted by Gasteiger charge is -2.11. The molecule has 2 aromatic carbocycles. The van der Waals surface area contributed by atoms with Crippen LogP contribution in [0.1, 0.15) is 16.5 Å². The van der Waals surface area contributed by atoms with Crippen molar-refractivity contribution >= 4 is 44.6 Å². The van der Waals surface area contributed by atoms with E-state index in [0.717, 1.165) is 10.1 Å². The number of thiophene rings is 1. The van der Waals surface area contributed by atoms with Gasteiger partial charge in [0.2, 0.25) is 0 Å². The van der Waals surface area contributed by atoms with Gasteiger partial charge >= 0.3 is 0 Å². The first-order valence-electron chi connectivity index (χ1n) is 5.87. The number of aliphatic hydroxyl groups is 1. The number of hydrogen-bond donors (Lipinski definition) is 1. The molecule has 102 valence electrons. The van der Waals surface area contributed by atoms with Crippen LogP contribution in [-0.4, -0.2) is 5.11 Å². The first-order valence-corrected chi connectivity index (χ1v) is 7.44. The number of hydrogen-bond acceptors (Lipinski definition) is 2. The minimum absolute atomic E-state index is 0.291. The summed E-state index contributed by atoms with van der Waals surface area (Å²) in [6.45, 7) is 0. The Kier molecular flexibility index (Phi) is 3.69. The predicted molar refractivity (Wildman–Crippen MR) is 82.3 cm³/mol. The van der Waals surface area contributed by atoms with Gasteiger partial charge in [0, 0.05) is 15.1 Å². The molecule has 20 heavy (non-hydrogen) atoms. The zero-order valence-corrected chi connectivity index (χ0v) is 12.4. The molecule has 0 spiro atoms. The number of halogens is 3. The van der Waals surface area contributed by atoms with E-state index in [1.165, 1.54) is 23.5 Å². The van der Waals surface area contributed by atoms with Crippen LogP contribution in [0.4, 0.5) is 4.39 Å². The molecule has 3 aromatic rings. The molecular formula is C15H9Cl2FOS. The molecule has 1 unspecified atom stereocenters. The first-order chi connectivity index (χ1) is 9.56. The molecule has 0 amide bonds. The Hall–Kier alpha value is -1.13. The van der Waals surface area contributed by atoms with E-state index in [2.05, 4.69) is 0 Å². The van der Waals surface area contributed by atoms with Gasteiger partial charge < -0.3 is 5.11 Å². The Morgan fingerprint density at radius 1 is 1.10 bits per heavy atom. The average molecular weight is 327 g/mol. The highest BCUT2D eigenvalue weighted by Crippen LogP contribution is 2.37. The van der Waals surface area contributed by atoms with Gasteiger partial charge in [-0.25, -0.2) is 4.39 Å². The van der Waals surface area contributed by atoms with Crippen LogP contribution in [0.25, 0.3) is 10.1 Å². The molecule has 1 N–H and O–H groups in total. The van der Waals surface area contributed by atoms with Crippen molar-refractivity contribution in [2.75, 3.05) is 0 Å². The van der Waals surface area contributed by atoms with E-state index in [1.54, 1.807) is 24.3 Å². The van der Waals surface area contributed by atoms with Crippen molar-refractivity contribution in [2.45, 2.75) is 6.10 Å². The van der Waals surface area contributed by atoms with Crippen molar-refractivity contribution in [3.63, 3.8) is 0 Å². The largest absolute Gasteiger partial charge is 0.383 e. The molecule has 5 heteroatoms. The standard InChI is InChI=1S/C15H9Cl2FOS/c16-11-3-1-2-10(14(11)17)15(19)13-6-8-4-5-9(18)7-12(8)20-13/h1-7,15,19H. The van der Waals surface area contributed by atoms with E-state index in [0.29, 0.717) is 20.5 Å². The van der Waals surface area contributed by atoms with Gasteiger partial charge in [-0.15, -0.1) is 11.3 Å². The molecule has 0 aliphatic heterocycles. The molecule has 0 aliphatic rings. The van der Waals surface area contributed by atoms with Crippen LogP contribution in [0.15, 0.2) is 42.5 Å². The summed E-state index contributed by atoms with van der Waals surface area (Å²) in [7, 11) is 0. The summed E-state index contributed by atoms with van der Waals surface area (Å²) >= 11 is 13.4. The van der Waals surface area contributed by atoms with E-state index >= 15 is 0 Å². The summed E-state index contributed by atoms with van der Waals surface area (Å²) < 4.78 is 14.0. The summed E-state index contributed by atoms with van der Waals surface area (Å²) in [5.74, 6) is -0.291. The summed E-state index contributed by atoms with van der Waals surface area (Å²) in [5, 5.41) is 12.1. The van der Waals surface area contributed by atoms with Crippen LogP contribution in [0.2, 0.25) is 10.0 Å². The van der Waals surface area contributed by atoms with Crippen LogP contribution in [0, 0.1) is 5.82 Å². The van der Waals surface area contributed by atoms with Crippen molar-refractivity contribution in [3.05, 3.63) is 68.8 Å². The number of fused-ring (bicyclic) bond motifs is 1. The maximum atomic E-state index is 13.2. The zero-order chi connectivity index (χ0) is 14.3. The maximum Gasteiger partial charge on any atom is 0.124 e. The quantitative estimate of drug-likeness (QED) is 0.665. The molecule has 0 aliphatic carbocycles. The summed E-state index contributed by atoms with van der Waals surface area (Å²) in [6, 6.07) is 11.5. The molecule has 0 fully saturated rings. The van der Waals surface area contributed by atoms with Crippen molar-refractivity contribution in [1.82, 2.24) is 0 Å². The van der Waals surface area contributed by atoms with Crippen molar-refractivity contribution in [2.24, 2.45) is 0 Å². The molecule has 0 bridgehead atoms. The minimum Gasteiger partial charge on any atom is -0.383 e. The highest BCUT2D eigenvalue weighted by atomic mass is 35.5. The Balaban J connectivity index is 2.08. The third-order valence-electron chi connectivity index (χ3n) is 3.05. The van der Waals surface area contributed by atoms with Gasteiger partial charge in [0.1, 0.15) is 11.9 Å². The fourth-order valence-electron chi connectivity index (χ4n) is 2.05. The zero-order valence-electron chi connectivity index (χ0n) is 10.1. The highest BCUT2D eigenvalue weighted by Gasteiger charge is 2.18. The van der Waals surface area contributed by atoms with E-state index in [-0.39, 0.29) is 5.82 Å². The van der Waals surface area contributed by atoms with Crippen molar-refractivity contribution < 1.29 is 9.50 Å². The lowest BCUT2D eigenvalue weighted by atomic mass is 10.1. The predicted octanol–water partition coefficient (Wildman–Crippen LogP) is 5.43. The molecule has 3 rings (SSSR count). The van der Waals surface area contributed by atoms with Crippen LogP contribution < -0.4 is 0 Å². The second-order valence-corrected chi connectivity index (χ2v) is 6.28. The molecule has 1 aromatic heterocycles. The molecular weight excluding hydrogens is 318 g/mol.